The third-order valence-electron chi connectivity index (χ3n) is 1.66. The molecule has 0 aliphatic heterocycles. The molecule has 0 atom stereocenters. The predicted molar refractivity (Wildman–Crippen MR) is 57.8 cm³/mol. The molecule has 0 aliphatic rings. The van der Waals surface area contributed by atoms with Crippen molar-refractivity contribution in [3.8, 4) is 0 Å². The molecule has 4 nitrogen and oxygen atoms in total. The third-order valence-corrected chi connectivity index (χ3v) is 3.52. The van der Waals surface area contributed by atoms with Gasteiger partial charge in [0.05, 0.1) is 17.3 Å². The molecule has 0 unspecified atom stereocenters. The number of sulfone groups is 1. The van der Waals surface area contributed by atoms with Crippen LogP contribution in [0.25, 0.3) is 0 Å². The van der Waals surface area contributed by atoms with Gasteiger partial charge in [-0.05, 0) is 31.1 Å². The van der Waals surface area contributed by atoms with Crippen LogP contribution in [0.5, 0.6) is 0 Å². The lowest BCUT2D eigenvalue weighted by Gasteiger charge is -2.03. The van der Waals surface area contributed by atoms with E-state index in [0.717, 1.165) is 0 Å². The van der Waals surface area contributed by atoms with Crippen molar-refractivity contribution in [1.29, 1.82) is 0 Å². The molecule has 0 amide bonds. The van der Waals surface area contributed by atoms with Crippen molar-refractivity contribution >= 4 is 28.4 Å². The summed E-state index contributed by atoms with van der Waals surface area (Å²) in [4.78, 5) is 0.211. The quantitative estimate of drug-likeness (QED) is 0.460. The van der Waals surface area contributed by atoms with E-state index in [1.165, 1.54) is 12.1 Å². The fourth-order valence-corrected chi connectivity index (χ4v) is 2.33. The van der Waals surface area contributed by atoms with Gasteiger partial charge < -0.3 is 9.92 Å². The third kappa shape index (κ3) is 2.90. The molecule has 0 aliphatic carbocycles. The number of anilines is 1. The topological polar surface area (TPSA) is 69.4 Å². The maximum atomic E-state index is 11.6. The molecule has 0 saturated heterocycles. The minimum atomic E-state index is -3.30. The lowest BCUT2D eigenvalue weighted by Crippen LogP contribution is -2.10. The standard InChI is InChI=1S/C8H11NO3S2/c9-7-2-1-3-8(6-7)14(10,11)5-4-12-13/h1-3,6,13H,4-5,9H2. The second-order valence-electron chi connectivity index (χ2n) is 2.72. The Morgan fingerprint density at radius 1 is 1.43 bits per heavy atom. The van der Waals surface area contributed by atoms with E-state index in [4.69, 9.17) is 5.73 Å². The number of benzene rings is 1. The van der Waals surface area contributed by atoms with Crippen molar-refractivity contribution in [2.75, 3.05) is 18.1 Å². The van der Waals surface area contributed by atoms with Gasteiger partial charge in [-0.2, -0.15) is 0 Å². The van der Waals surface area contributed by atoms with Crippen molar-refractivity contribution < 1.29 is 12.6 Å². The smallest absolute Gasteiger partial charge is 0.180 e. The first-order chi connectivity index (χ1) is 6.56. The zero-order valence-electron chi connectivity index (χ0n) is 7.38. The van der Waals surface area contributed by atoms with Gasteiger partial charge in [0.15, 0.2) is 9.84 Å². The van der Waals surface area contributed by atoms with Gasteiger partial charge in [0.2, 0.25) is 0 Å². The Bertz CT molecular complexity index is 403. The lowest BCUT2D eigenvalue weighted by molar-refractivity contribution is 0.409. The van der Waals surface area contributed by atoms with Crippen LogP contribution in [0.15, 0.2) is 29.2 Å². The summed E-state index contributed by atoms with van der Waals surface area (Å²) in [6.07, 6.45) is 0. The minimum Gasteiger partial charge on any atom is -0.399 e. The molecule has 78 valence electrons. The van der Waals surface area contributed by atoms with Crippen LogP contribution in [0.3, 0.4) is 0 Å². The Kier molecular flexibility index (Phi) is 3.79. The summed E-state index contributed by atoms with van der Waals surface area (Å²) in [5, 5.41) is 0. The summed E-state index contributed by atoms with van der Waals surface area (Å²) in [5.41, 5.74) is 5.90. The van der Waals surface area contributed by atoms with Crippen LogP contribution in [0.2, 0.25) is 0 Å². The lowest BCUT2D eigenvalue weighted by atomic mass is 10.3. The molecule has 1 aromatic rings. The molecule has 0 bridgehead atoms. The van der Waals surface area contributed by atoms with Gasteiger partial charge in [-0.15, -0.1) is 0 Å². The second-order valence-corrected chi connectivity index (χ2v) is 5.09. The van der Waals surface area contributed by atoms with E-state index in [1.807, 2.05) is 0 Å². The second kappa shape index (κ2) is 4.68. The highest BCUT2D eigenvalue weighted by Gasteiger charge is 2.13. The van der Waals surface area contributed by atoms with Crippen molar-refractivity contribution in [1.82, 2.24) is 0 Å². The van der Waals surface area contributed by atoms with Crippen molar-refractivity contribution in [3.05, 3.63) is 24.3 Å². The average Bonchev–Trinajstić information content (AvgIpc) is 2.15. The molecular formula is C8H11NO3S2. The van der Waals surface area contributed by atoms with Gasteiger partial charge in [0, 0.05) is 5.69 Å². The molecule has 1 aromatic carbocycles. The van der Waals surface area contributed by atoms with Gasteiger partial charge in [-0.25, -0.2) is 8.42 Å². The summed E-state index contributed by atoms with van der Waals surface area (Å²) < 4.78 is 27.6. The Labute approximate surface area is 88.6 Å². The summed E-state index contributed by atoms with van der Waals surface area (Å²) in [7, 11) is -3.30. The molecule has 14 heavy (non-hydrogen) atoms. The predicted octanol–water partition coefficient (Wildman–Crippen LogP) is 0.904. The van der Waals surface area contributed by atoms with E-state index in [1.54, 1.807) is 12.1 Å². The van der Waals surface area contributed by atoms with Gasteiger partial charge >= 0.3 is 0 Å². The fraction of sp³-hybridized carbons (Fsp3) is 0.250. The van der Waals surface area contributed by atoms with E-state index in [0.29, 0.717) is 5.69 Å². The number of thiol groups is 1. The fourth-order valence-electron chi connectivity index (χ4n) is 0.973. The van der Waals surface area contributed by atoms with E-state index in [9.17, 15) is 8.42 Å². The highest BCUT2D eigenvalue weighted by Crippen LogP contribution is 2.14. The molecule has 0 aromatic heterocycles. The monoisotopic (exact) mass is 233 g/mol. The van der Waals surface area contributed by atoms with Crippen molar-refractivity contribution in [2.24, 2.45) is 0 Å². The molecule has 0 heterocycles. The number of rotatable bonds is 4. The number of hydrogen-bond acceptors (Lipinski definition) is 5. The van der Waals surface area contributed by atoms with Crippen LogP contribution in [-0.4, -0.2) is 20.8 Å². The van der Waals surface area contributed by atoms with E-state index >= 15 is 0 Å². The summed E-state index contributed by atoms with van der Waals surface area (Å²) in [6, 6.07) is 6.16. The Morgan fingerprint density at radius 3 is 2.71 bits per heavy atom. The first kappa shape index (κ1) is 11.4. The summed E-state index contributed by atoms with van der Waals surface area (Å²) in [5.74, 6) is -0.0973. The molecule has 0 saturated carbocycles. The number of hydrogen-bond donors (Lipinski definition) is 2. The van der Waals surface area contributed by atoms with E-state index in [-0.39, 0.29) is 17.3 Å². The van der Waals surface area contributed by atoms with Crippen molar-refractivity contribution in [2.45, 2.75) is 4.90 Å². The molecule has 1 rings (SSSR count). The van der Waals surface area contributed by atoms with Crippen LogP contribution < -0.4 is 5.73 Å². The van der Waals surface area contributed by atoms with Gasteiger partial charge in [0.25, 0.3) is 0 Å². The SMILES string of the molecule is Nc1cccc(S(=O)(=O)CCOS)c1. The Hall–Kier alpha value is -0.720. The van der Waals surface area contributed by atoms with E-state index in [2.05, 4.69) is 17.1 Å². The van der Waals surface area contributed by atoms with Crippen LogP contribution in [0.4, 0.5) is 5.69 Å². The molecule has 6 heteroatoms. The zero-order valence-corrected chi connectivity index (χ0v) is 9.09. The van der Waals surface area contributed by atoms with Gasteiger partial charge in [-0.3, -0.25) is 0 Å². The minimum absolute atomic E-state index is 0.0558. The zero-order chi connectivity index (χ0) is 10.6. The van der Waals surface area contributed by atoms with Crippen LogP contribution in [0, 0.1) is 0 Å². The summed E-state index contributed by atoms with van der Waals surface area (Å²) in [6.45, 7) is 0.0558. The Balaban J connectivity index is 2.93. The first-order valence-corrected chi connectivity index (χ1v) is 5.92. The molecule has 0 fully saturated rings. The largest absolute Gasteiger partial charge is 0.399 e. The Morgan fingerprint density at radius 2 is 2.14 bits per heavy atom. The molecule has 0 radical (unpaired) electrons. The normalized spacial score (nSPS) is 11.5. The summed E-state index contributed by atoms with van der Waals surface area (Å²) >= 11 is 3.48. The molecular weight excluding hydrogens is 222 g/mol. The van der Waals surface area contributed by atoms with E-state index < -0.39 is 9.84 Å². The van der Waals surface area contributed by atoms with Crippen LogP contribution >= 0.6 is 12.9 Å². The highest BCUT2D eigenvalue weighted by atomic mass is 32.2. The first-order valence-electron chi connectivity index (χ1n) is 3.91. The molecule has 2 N–H and O–H groups in total. The number of nitrogens with two attached hydrogens (primary N) is 1. The highest BCUT2D eigenvalue weighted by molar-refractivity contribution is 7.91. The van der Waals surface area contributed by atoms with Gasteiger partial charge in [0.1, 0.15) is 0 Å². The number of nitrogen functional groups attached to an aromatic ring is 1. The van der Waals surface area contributed by atoms with Crippen molar-refractivity contribution in [3.63, 3.8) is 0 Å². The van der Waals surface area contributed by atoms with Crippen LogP contribution in [-0.2, 0) is 14.0 Å². The maximum absolute atomic E-state index is 11.6. The van der Waals surface area contributed by atoms with Gasteiger partial charge in [-0.1, -0.05) is 6.07 Å². The van der Waals surface area contributed by atoms with Crippen LogP contribution in [0.1, 0.15) is 0 Å². The molecule has 0 spiro atoms. The maximum Gasteiger partial charge on any atom is 0.180 e. The average molecular weight is 233 g/mol.